The van der Waals surface area contributed by atoms with Gasteiger partial charge in [-0.25, -0.2) is 0 Å². The molecule has 98 valence electrons. The molecule has 0 fully saturated rings. The Kier molecular flexibility index (Phi) is 3.82. The Morgan fingerprint density at radius 1 is 1.37 bits per heavy atom. The number of amides is 1. The maximum atomic E-state index is 11.5. The molecule has 6 nitrogen and oxygen atoms in total. The van der Waals surface area contributed by atoms with Crippen LogP contribution in [0.1, 0.15) is 10.5 Å². The summed E-state index contributed by atoms with van der Waals surface area (Å²) in [6, 6.07) is 8.29. The first-order valence-electron chi connectivity index (χ1n) is 5.29. The number of rotatable bonds is 4. The number of carboxylic acid groups (broad SMARTS) is 1. The fraction of sp³-hybridized carbons (Fsp3) is 0.0833. The Morgan fingerprint density at radius 3 is 2.84 bits per heavy atom. The molecular weight excluding hydrogens is 272 g/mol. The number of benzene rings is 1. The molecule has 0 bridgehead atoms. The van der Waals surface area contributed by atoms with Gasteiger partial charge in [-0.3, -0.25) is 9.59 Å². The van der Waals surface area contributed by atoms with Crippen LogP contribution in [0.2, 0.25) is 5.02 Å². The summed E-state index contributed by atoms with van der Waals surface area (Å²) in [5.74, 6) is -1.37. The fourth-order valence-corrected chi connectivity index (χ4v) is 1.60. The molecular formula is C12H9ClN2O4. The zero-order chi connectivity index (χ0) is 13.8. The van der Waals surface area contributed by atoms with Crippen molar-refractivity contribution in [2.75, 3.05) is 6.54 Å². The van der Waals surface area contributed by atoms with Crippen molar-refractivity contribution >= 4 is 23.5 Å². The summed E-state index contributed by atoms with van der Waals surface area (Å²) in [6.45, 7) is -0.474. The molecule has 1 aromatic heterocycles. The van der Waals surface area contributed by atoms with E-state index in [0.29, 0.717) is 16.3 Å². The number of carbonyl (C=O) groups is 2. The number of aromatic nitrogens is 1. The number of hydrogen-bond acceptors (Lipinski definition) is 4. The van der Waals surface area contributed by atoms with Crippen LogP contribution in [0.4, 0.5) is 0 Å². The van der Waals surface area contributed by atoms with Gasteiger partial charge >= 0.3 is 5.97 Å². The van der Waals surface area contributed by atoms with Crippen molar-refractivity contribution in [3.63, 3.8) is 0 Å². The summed E-state index contributed by atoms with van der Waals surface area (Å²) in [7, 11) is 0. The maximum Gasteiger partial charge on any atom is 0.322 e. The SMILES string of the molecule is O=C(O)CNC(=O)c1cc(-c2cccc(Cl)c2)on1. The Balaban J connectivity index is 2.15. The van der Waals surface area contributed by atoms with Crippen molar-refractivity contribution in [2.24, 2.45) is 0 Å². The van der Waals surface area contributed by atoms with Crippen LogP contribution in [-0.2, 0) is 4.79 Å². The van der Waals surface area contributed by atoms with Gasteiger partial charge in [0, 0.05) is 16.7 Å². The number of halogens is 1. The van der Waals surface area contributed by atoms with Crippen LogP contribution in [0.25, 0.3) is 11.3 Å². The second-order valence-electron chi connectivity index (χ2n) is 3.66. The lowest BCUT2D eigenvalue weighted by molar-refractivity contribution is -0.135. The molecule has 0 radical (unpaired) electrons. The average molecular weight is 281 g/mol. The van der Waals surface area contributed by atoms with E-state index < -0.39 is 18.4 Å². The second kappa shape index (κ2) is 5.53. The lowest BCUT2D eigenvalue weighted by Crippen LogP contribution is -2.29. The summed E-state index contributed by atoms with van der Waals surface area (Å²) in [6.07, 6.45) is 0. The highest BCUT2D eigenvalue weighted by atomic mass is 35.5. The predicted octanol–water partition coefficient (Wildman–Crippen LogP) is 1.81. The van der Waals surface area contributed by atoms with Gasteiger partial charge in [0.2, 0.25) is 0 Å². The van der Waals surface area contributed by atoms with Crippen molar-refractivity contribution in [3.05, 3.63) is 41.0 Å². The third-order valence-electron chi connectivity index (χ3n) is 2.25. The standard InChI is InChI=1S/C12H9ClN2O4/c13-8-3-1-2-7(4-8)10-5-9(15-19-10)12(18)14-6-11(16)17/h1-5H,6H2,(H,14,18)(H,16,17). The molecule has 2 N–H and O–H groups in total. The summed E-state index contributed by atoms with van der Waals surface area (Å²) < 4.78 is 5.02. The number of carboxylic acids is 1. The van der Waals surface area contributed by atoms with Gasteiger partial charge < -0.3 is 14.9 Å². The minimum absolute atomic E-state index is 0.0104. The molecule has 0 saturated carbocycles. The topological polar surface area (TPSA) is 92.4 Å². The van der Waals surface area contributed by atoms with Crippen LogP contribution in [-0.4, -0.2) is 28.7 Å². The lowest BCUT2D eigenvalue weighted by Gasteiger charge is -1.96. The fourth-order valence-electron chi connectivity index (χ4n) is 1.41. The van der Waals surface area contributed by atoms with E-state index in [4.69, 9.17) is 21.2 Å². The number of hydrogen-bond donors (Lipinski definition) is 2. The zero-order valence-electron chi connectivity index (χ0n) is 9.59. The van der Waals surface area contributed by atoms with Gasteiger partial charge in [0.05, 0.1) is 0 Å². The van der Waals surface area contributed by atoms with Crippen LogP contribution in [0.15, 0.2) is 34.9 Å². The van der Waals surface area contributed by atoms with E-state index in [1.54, 1.807) is 24.3 Å². The first-order valence-corrected chi connectivity index (χ1v) is 5.66. The maximum absolute atomic E-state index is 11.5. The highest BCUT2D eigenvalue weighted by Gasteiger charge is 2.14. The molecule has 1 heterocycles. The molecule has 0 aliphatic rings. The molecule has 7 heteroatoms. The molecule has 0 aliphatic heterocycles. The molecule has 0 spiro atoms. The number of aliphatic carboxylic acids is 1. The molecule has 2 aromatic rings. The van der Waals surface area contributed by atoms with E-state index in [0.717, 1.165) is 0 Å². The molecule has 1 amide bonds. The van der Waals surface area contributed by atoms with Gasteiger partial charge in [0.15, 0.2) is 11.5 Å². The van der Waals surface area contributed by atoms with Crippen molar-refractivity contribution in [1.29, 1.82) is 0 Å². The first-order chi connectivity index (χ1) is 9.06. The quantitative estimate of drug-likeness (QED) is 0.891. The van der Waals surface area contributed by atoms with Crippen LogP contribution in [0.3, 0.4) is 0 Å². The molecule has 0 atom stereocenters. The van der Waals surface area contributed by atoms with Gasteiger partial charge in [-0.15, -0.1) is 0 Å². The van der Waals surface area contributed by atoms with Crippen LogP contribution in [0, 0.1) is 0 Å². The van der Waals surface area contributed by atoms with E-state index in [-0.39, 0.29) is 5.69 Å². The summed E-state index contributed by atoms with van der Waals surface area (Å²) in [5, 5.41) is 14.7. The predicted molar refractivity (Wildman–Crippen MR) is 66.9 cm³/mol. The Labute approximate surface area is 113 Å². The van der Waals surface area contributed by atoms with Gasteiger partial charge in [0.25, 0.3) is 5.91 Å². The minimum Gasteiger partial charge on any atom is -0.480 e. The average Bonchev–Trinajstić information content (AvgIpc) is 2.85. The first kappa shape index (κ1) is 13.1. The molecule has 0 aliphatic carbocycles. The Morgan fingerprint density at radius 2 is 2.16 bits per heavy atom. The second-order valence-corrected chi connectivity index (χ2v) is 4.10. The molecule has 0 unspecified atom stereocenters. The van der Waals surface area contributed by atoms with E-state index in [2.05, 4.69) is 10.5 Å². The smallest absolute Gasteiger partial charge is 0.322 e. The van der Waals surface area contributed by atoms with Crippen molar-refractivity contribution in [2.45, 2.75) is 0 Å². The summed E-state index contributed by atoms with van der Waals surface area (Å²) in [4.78, 5) is 21.9. The van der Waals surface area contributed by atoms with Gasteiger partial charge in [-0.1, -0.05) is 28.9 Å². The third kappa shape index (κ3) is 3.32. The Hall–Kier alpha value is -2.34. The van der Waals surface area contributed by atoms with Crippen LogP contribution >= 0.6 is 11.6 Å². The molecule has 0 saturated heterocycles. The van der Waals surface area contributed by atoms with Crippen LogP contribution < -0.4 is 5.32 Å². The van der Waals surface area contributed by atoms with E-state index in [1.807, 2.05) is 0 Å². The molecule has 2 rings (SSSR count). The molecule has 1 aromatic carbocycles. The zero-order valence-corrected chi connectivity index (χ0v) is 10.3. The van der Waals surface area contributed by atoms with Gasteiger partial charge in [0.1, 0.15) is 6.54 Å². The van der Waals surface area contributed by atoms with Crippen LogP contribution in [0.5, 0.6) is 0 Å². The number of nitrogens with zero attached hydrogens (tertiary/aromatic N) is 1. The summed E-state index contributed by atoms with van der Waals surface area (Å²) >= 11 is 5.84. The number of carbonyl (C=O) groups excluding carboxylic acids is 1. The summed E-state index contributed by atoms with van der Waals surface area (Å²) in [5.41, 5.74) is 0.688. The largest absolute Gasteiger partial charge is 0.480 e. The highest BCUT2D eigenvalue weighted by Crippen LogP contribution is 2.23. The van der Waals surface area contributed by atoms with E-state index in [9.17, 15) is 9.59 Å². The van der Waals surface area contributed by atoms with Crippen molar-refractivity contribution < 1.29 is 19.2 Å². The normalized spacial score (nSPS) is 10.2. The third-order valence-corrected chi connectivity index (χ3v) is 2.49. The minimum atomic E-state index is -1.13. The Bertz CT molecular complexity index is 624. The highest BCUT2D eigenvalue weighted by molar-refractivity contribution is 6.30. The molecule has 19 heavy (non-hydrogen) atoms. The lowest BCUT2D eigenvalue weighted by atomic mass is 10.1. The van der Waals surface area contributed by atoms with Gasteiger partial charge in [-0.05, 0) is 12.1 Å². The van der Waals surface area contributed by atoms with Crippen molar-refractivity contribution in [3.8, 4) is 11.3 Å². The number of nitrogens with one attached hydrogen (secondary N) is 1. The van der Waals surface area contributed by atoms with E-state index in [1.165, 1.54) is 6.07 Å². The van der Waals surface area contributed by atoms with E-state index >= 15 is 0 Å². The van der Waals surface area contributed by atoms with Crippen molar-refractivity contribution in [1.82, 2.24) is 10.5 Å². The van der Waals surface area contributed by atoms with Gasteiger partial charge in [-0.2, -0.15) is 0 Å². The monoisotopic (exact) mass is 280 g/mol.